The first-order chi connectivity index (χ1) is 12.5. The van der Waals surface area contributed by atoms with E-state index in [9.17, 15) is 9.59 Å². The van der Waals surface area contributed by atoms with Gasteiger partial charge in [0, 0.05) is 18.7 Å². The number of carbonyl (C=O) groups is 2. The molecule has 3 rings (SSSR count). The molecule has 0 aromatic heterocycles. The number of ether oxygens (including phenoxy) is 1. The van der Waals surface area contributed by atoms with Crippen LogP contribution in [0, 0.1) is 6.92 Å². The maximum Gasteiger partial charge on any atom is 0.294 e. The summed E-state index contributed by atoms with van der Waals surface area (Å²) in [6.45, 7) is 2.13. The maximum absolute atomic E-state index is 12.9. The van der Waals surface area contributed by atoms with Crippen molar-refractivity contribution in [3.05, 3.63) is 59.4 Å². The standard InChI is InChI=1S/C19H20N4O3/c1-12-3-2-4-13(9-12)10-17-19(25)23(8-7-18(24)22-21)15-11-14(20)5-6-16(15)26-17/h2-6,9-11H,7-8,20-21H2,1H3,(H,22,24)/b17-10+. The van der Waals surface area contributed by atoms with Gasteiger partial charge in [-0.05, 0) is 36.8 Å². The first-order valence-corrected chi connectivity index (χ1v) is 8.15. The maximum atomic E-state index is 12.9. The van der Waals surface area contributed by atoms with Gasteiger partial charge in [-0.3, -0.25) is 15.0 Å². The van der Waals surface area contributed by atoms with E-state index in [0.29, 0.717) is 17.1 Å². The van der Waals surface area contributed by atoms with Crippen molar-refractivity contribution >= 4 is 29.3 Å². The topological polar surface area (TPSA) is 111 Å². The van der Waals surface area contributed by atoms with Gasteiger partial charge in [0.05, 0.1) is 5.69 Å². The predicted molar refractivity (Wildman–Crippen MR) is 99.9 cm³/mol. The average molecular weight is 352 g/mol. The van der Waals surface area contributed by atoms with Crippen LogP contribution in [0.15, 0.2) is 48.2 Å². The van der Waals surface area contributed by atoms with Gasteiger partial charge in [-0.2, -0.15) is 0 Å². The summed E-state index contributed by atoms with van der Waals surface area (Å²) in [7, 11) is 0. The fraction of sp³-hybridized carbons (Fsp3) is 0.158. The zero-order valence-electron chi connectivity index (χ0n) is 14.4. The summed E-state index contributed by atoms with van der Waals surface area (Å²) in [5, 5.41) is 0. The van der Waals surface area contributed by atoms with Crippen molar-refractivity contribution in [2.24, 2.45) is 5.84 Å². The molecule has 7 nitrogen and oxygen atoms in total. The Bertz CT molecular complexity index is 892. The number of nitrogens with one attached hydrogen (secondary N) is 1. The molecule has 7 heteroatoms. The van der Waals surface area contributed by atoms with Gasteiger partial charge in [0.2, 0.25) is 5.91 Å². The van der Waals surface area contributed by atoms with Crippen LogP contribution < -0.4 is 26.6 Å². The lowest BCUT2D eigenvalue weighted by Crippen LogP contribution is -2.40. The van der Waals surface area contributed by atoms with Crippen LogP contribution in [0.25, 0.3) is 6.08 Å². The molecule has 0 saturated heterocycles. The highest BCUT2D eigenvalue weighted by Gasteiger charge is 2.30. The van der Waals surface area contributed by atoms with Gasteiger partial charge in [0.15, 0.2) is 11.5 Å². The molecule has 5 N–H and O–H groups in total. The predicted octanol–water partition coefficient (Wildman–Crippen LogP) is 1.72. The van der Waals surface area contributed by atoms with Crippen LogP contribution >= 0.6 is 0 Å². The zero-order valence-corrected chi connectivity index (χ0v) is 14.4. The van der Waals surface area contributed by atoms with Crippen LogP contribution in [-0.4, -0.2) is 18.4 Å². The molecule has 2 amide bonds. The summed E-state index contributed by atoms with van der Waals surface area (Å²) < 4.78 is 5.80. The van der Waals surface area contributed by atoms with Crippen LogP contribution in [0.2, 0.25) is 0 Å². The van der Waals surface area contributed by atoms with Crippen molar-refractivity contribution < 1.29 is 14.3 Å². The fourth-order valence-corrected chi connectivity index (χ4v) is 2.75. The van der Waals surface area contributed by atoms with E-state index in [-0.39, 0.29) is 30.5 Å². The summed E-state index contributed by atoms with van der Waals surface area (Å²) in [4.78, 5) is 25.9. The van der Waals surface area contributed by atoms with Gasteiger partial charge in [0.1, 0.15) is 0 Å². The van der Waals surface area contributed by atoms with E-state index in [1.807, 2.05) is 31.2 Å². The van der Waals surface area contributed by atoms with Crippen molar-refractivity contribution in [1.29, 1.82) is 0 Å². The number of aryl methyl sites for hydroxylation is 1. The largest absolute Gasteiger partial charge is 0.449 e. The Morgan fingerprint density at radius 2 is 2.08 bits per heavy atom. The molecule has 0 radical (unpaired) electrons. The van der Waals surface area contributed by atoms with Crippen LogP contribution in [0.3, 0.4) is 0 Å². The van der Waals surface area contributed by atoms with Gasteiger partial charge < -0.3 is 15.4 Å². The van der Waals surface area contributed by atoms with Crippen molar-refractivity contribution in [2.75, 3.05) is 17.2 Å². The molecule has 0 atom stereocenters. The highest BCUT2D eigenvalue weighted by molar-refractivity contribution is 6.10. The second kappa shape index (κ2) is 7.28. The lowest BCUT2D eigenvalue weighted by Gasteiger charge is -2.30. The number of hydrogen-bond donors (Lipinski definition) is 3. The monoisotopic (exact) mass is 352 g/mol. The van der Waals surface area contributed by atoms with Gasteiger partial charge in [-0.1, -0.05) is 29.8 Å². The second-order valence-electron chi connectivity index (χ2n) is 6.03. The lowest BCUT2D eigenvalue weighted by molar-refractivity contribution is -0.121. The van der Waals surface area contributed by atoms with Crippen LogP contribution in [-0.2, 0) is 9.59 Å². The summed E-state index contributed by atoms with van der Waals surface area (Å²) in [6, 6.07) is 12.8. The molecule has 0 aliphatic carbocycles. The van der Waals surface area contributed by atoms with Gasteiger partial charge >= 0.3 is 0 Å². The number of nitrogen functional groups attached to an aromatic ring is 1. The summed E-state index contributed by atoms with van der Waals surface area (Å²) in [5.74, 6) is 5.11. The van der Waals surface area contributed by atoms with E-state index < -0.39 is 0 Å². The Hall–Kier alpha value is -3.32. The highest BCUT2D eigenvalue weighted by atomic mass is 16.5. The molecule has 1 aliphatic heterocycles. The number of nitrogens with zero attached hydrogens (tertiary/aromatic N) is 1. The number of carbonyl (C=O) groups excluding carboxylic acids is 2. The normalized spacial score (nSPS) is 14.8. The zero-order chi connectivity index (χ0) is 18.7. The molecule has 0 spiro atoms. The lowest BCUT2D eigenvalue weighted by atomic mass is 10.1. The third-order valence-electron chi connectivity index (χ3n) is 4.01. The molecule has 134 valence electrons. The Balaban J connectivity index is 1.98. The average Bonchev–Trinajstić information content (AvgIpc) is 2.62. The van der Waals surface area contributed by atoms with Gasteiger partial charge in [-0.15, -0.1) is 0 Å². The number of benzene rings is 2. The van der Waals surface area contributed by atoms with E-state index in [0.717, 1.165) is 11.1 Å². The number of amides is 2. The quantitative estimate of drug-likeness (QED) is 0.255. The Morgan fingerprint density at radius 3 is 2.81 bits per heavy atom. The number of hydrazine groups is 1. The van der Waals surface area contributed by atoms with Gasteiger partial charge in [-0.25, -0.2) is 5.84 Å². The molecule has 2 aromatic carbocycles. The number of fused-ring (bicyclic) bond motifs is 1. The third kappa shape index (κ3) is 3.68. The first-order valence-electron chi connectivity index (χ1n) is 8.15. The molecule has 2 aromatic rings. The molecular weight excluding hydrogens is 332 g/mol. The molecule has 0 fully saturated rings. The summed E-state index contributed by atoms with van der Waals surface area (Å²) in [5.41, 5.74) is 10.9. The van der Waals surface area contributed by atoms with E-state index in [4.69, 9.17) is 16.3 Å². The number of rotatable bonds is 4. The molecule has 0 bridgehead atoms. The second-order valence-corrected chi connectivity index (χ2v) is 6.03. The summed E-state index contributed by atoms with van der Waals surface area (Å²) in [6.07, 6.45) is 1.75. The minimum atomic E-state index is -0.362. The Morgan fingerprint density at radius 1 is 1.27 bits per heavy atom. The molecular formula is C19H20N4O3. The Kier molecular flexibility index (Phi) is 4.90. The van der Waals surface area contributed by atoms with Crippen molar-refractivity contribution in [3.63, 3.8) is 0 Å². The fourth-order valence-electron chi connectivity index (χ4n) is 2.75. The van der Waals surface area contributed by atoms with Crippen molar-refractivity contribution in [3.8, 4) is 5.75 Å². The van der Waals surface area contributed by atoms with E-state index in [2.05, 4.69) is 5.43 Å². The molecule has 0 saturated carbocycles. The van der Waals surface area contributed by atoms with Crippen LogP contribution in [0.5, 0.6) is 5.75 Å². The first kappa shape index (κ1) is 17.5. The van der Waals surface area contributed by atoms with Gasteiger partial charge in [0.25, 0.3) is 5.91 Å². The van der Waals surface area contributed by atoms with E-state index >= 15 is 0 Å². The smallest absolute Gasteiger partial charge is 0.294 e. The third-order valence-corrected chi connectivity index (χ3v) is 4.01. The van der Waals surface area contributed by atoms with E-state index in [1.165, 1.54) is 4.90 Å². The van der Waals surface area contributed by atoms with E-state index in [1.54, 1.807) is 24.3 Å². The Labute approximate surface area is 151 Å². The number of anilines is 2. The molecule has 26 heavy (non-hydrogen) atoms. The molecule has 1 aliphatic rings. The minimum absolute atomic E-state index is 0.0637. The highest BCUT2D eigenvalue weighted by Crippen LogP contribution is 2.37. The molecule has 0 unspecified atom stereocenters. The number of hydrogen-bond acceptors (Lipinski definition) is 5. The minimum Gasteiger partial charge on any atom is -0.449 e. The van der Waals surface area contributed by atoms with Crippen molar-refractivity contribution in [1.82, 2.24) is 5.43 Å². The summed E-state index contributed by atoms with van der Waals surface area (Å²) >= 11 is 0. The SMILES string of the molecule is Cc1cccc(/C=C2/Oc3ccc(N)cc3N(CCC(=O)NN)C2=O)c1. The molecule has 1 heterocycles. The van der Waals surface area contributed by atoms with Crippen LogP contribution in [0.1, 0.15) is 17.5 Å². The van der Waals surface area contributed by atoms with Crippen molar-refractivity contribution in [2.45, 2.75) is 13.3 Å². The number of nitrogens with two attached hydrogens (primary N) is 2. The van der Waals surface area contributed by atoms with Crippen LogP contribution in [0.4, 0.5) is 11.4 Å².